The van der Waals surface area contributed by atoms with Gasteiger partial charge in [-0.3, -0.25) is 15.0 Å². The number of likely N-dealkylation sites (tertiary alicyclic amines) is 1. The molecule has 5 rings (SSSR count). The molecule has 7 nitrogen and oxygen atoms in total. The van der Waals surface area contributed by atoms with Crippen LogP contribution in [-0.2, 0) is 6.67 Å². The molecule has 0 amide bonds. The molecule has 0 unspecified atom stereocenters. The van der Waals surface area contributed by atoms with Crippen molar-refractivity contribution >= 4 is 10.9 Å². The lowest BCUT2D eigenvalue weighted by molar-refractivity contribution is 0.00920. The van der Waals surface area contributed by atoms with Crippen LogP contribution in [0.4, 0.5) is 8.78 Å². The van der Waals surface area contributed by atoms with Crippen LogP contribution in [0.5, 0.6) is 0 Å². The third-order valence-corrected chi connectivity index (χ3v) is 4.59. The molecule has 0 radical (unpaired) electrons. The Balaban J connectivity index is 1.44. The van der Waals surface area contributed by atoms with Crippen molar-refractivity contribution in [3.8, 4) is 22.9 Å². The summed E-state index contributed by atoms with van der Waals surface area (Å²) < 4.78 is 28.5. The molecule has 0 bridgehead atoms. The first-order valence-electron chi connectivity index (χ1n) is 8.29. The van der Waals surface area contributed by atoms with Crippen LogP contribution in [0.25, 0.3) is 33.8 Å². The molecule has 5 heterocycles. The average molecular weight is 355 g/mol. The van der Waals surface area contributed by atoms with Gasteiger partial charge in [-0.1, -0.05) is 0 Å². The van der Waals surface area contributed by atoms with E-state index >= 15 is 0 Å². The fourth-order valence-corrected chi connectivity index (χ4v) is 3.28. The Morgan fingerprint density at radius 3 is 2.88 bits per heavy atom. The molecular formula is C17H15F2N7. The third kappa shape index (κ3) is 2.70. The predicted octanol–water partition coefficient (Wildman–Crippen LogP) is 2.62. The Bertz CT molecular complexity index is 1050. The number of rotatable bonds is 3. The van der Waals surface area contributed by atoms with Crippen LogP contribution in [0, 0.1) is 0 Å². The Kier molecular flexibility index (Phi) is 3.26. The van der Waals surface area contributed by atoms with E-state index in [0.717, 1.165) is 16.6 Å². The lowest BCUT2D eigenvalue weighted by Crippen LogP contribution is -2.27. The highest BCUT2D eigenvalue weighted by Gasteiger charge is 2.38. The van der Waals surface area contributed by atoms with Crippen molar-refractivity contribution in [2.45, 2.75) is 19.0 Å². The minimum absolute atomic E-state index is 0.0850. The van der Waals surface area contributed by atoms with Crippen LogP contribution in [0.15, 0.2) is 36.9 Å². The number of hydrogen-bond acceptors (Lipinski definition) is 5. The van der Waals surface area contributed by atoms with Crippen LogP contribution < -0.4 is 0 Å². The van der Waals surface area contributed by atoms with E-state index in [4.69, 9.17) is 0 Å². The Labute approximate surface area is 147 Å². The van der Waals surface area contributed by atoms with Crippen molar-refractivity contribution in [3.05, 3.63) is 36.9 Å². The monoisotopic (exact) mass is 355 g/mol. The predicted molar refractivity (Wildman–Crippen MR) is 90.7 cm³/mol. The molecule has 1 N–H and O–H groups in total. The second-order valence-corrected chi connectivity index (χ2v) is 6.60. The van der Waals surface area contributed by atoms with Gasteiger partial charge < -0.3 is 4.57 Å². The topological polar surface area (TPSA) is 75.5 Å². The molecular weight excluding hydrogens is 340 g/mol. The first-order chi connectivity index (χ1) is 12.6. The van der Waals surface area contributed by atoms with Crippen LogP contribution in [-0.4, -0.2) is 53.6 Å². The summed E-state index contributed by atoms with van der Waals surface area (Å²) in [7, 11) is 0. The number of hydrogen-bond donors (Lipinski definition) is 1. The highest BCUT2D eigenvalue weighted by atomic mass is 19.3. The van der Waals surface area contributed by atoms with Gasteiger partial charge in [-0.25, -0.2) is 18.7 Å². The molecule has 0 aliphatic carbocycles. The SMILES string of the molecule is FC1(F)CCN(Cn2ccc3nc(-c4cc5cn[nH]c5cn4)nc-3c2)C1. The van der Waals surface area contributed by atoms with Gasteiger partial charge in [0.1, 0.15) is 11.4 Å². The van der Waals surface area contributed by atoms with Gasteiger partial charge in [0, 0.05) is 30.7 Å². The van der Waals surface area contributed by atoms with Gasteiger partial charge in [-0.05, 0) is 12.1 Å². The second kappa shape index (κ2) is 5.53. The summed E-state index contributed by atoms with van der Waals surface area (Å²) in [5.41, 5.74) is 2.98. The normalized spacial score (nSPS) is 17.5. The summed E-state index contributed by atoms with van der Waals surface area (Å²) in [6.07, 6.45) is 7.01. The van der Waals surface area contributed by atoms with Crippen LogP contribution in [0.3, 0.4) is 0 Å². The number of nitrogens with one attached hydrogen (secondary N) is 1. The molecule has 1 fully saturated rings. The lowest BCUT2D eigenvalue weighted by atomic mass is 10.2. The van der Waals surface area contributed by atoms with E-state index in [1.807, 2.05) is 29.1 Å². The number of alkyl halides is 2. The van der Waals surface area contributed by atoms with Crippen molar-refractivity contribution in [1.82, 2.24) is 34.6 Å². The molecule has 3 aliphatic rings. The molecule has 1 saturated heterocycles. The number of imidazole rings is 1. The second-order valence-electron chi connectivity index (χ2n) is 6.60. The number of halogens is 2. The van der Waals surface area contributed by atoms with E-state index in [0.29, 0.717) is 30.4 Å². The smallest absolute Gasteiger partial charge is 0.261 e. The number of aromatic amines is 1. The van der Waals surface area contributed by atoms with Crippen molar-refractivity contribution in [2.24, 2.45) is 0 Å². The molecule has 3 aliphatic heterocycles. The zero-order valence-electron chi connectivity index (χ0n) is 13.7. The van der Waals surface area contributed by atoms with Gasteiger partial charge >= 0.3 is 0 Å². The molecule has 0 aromatic carbocycles. The van der Waals surface area contributed by atoms with E-state index in [-0.39, 0.29) is 13.0 Å². The first-order valence-corrected chi connectivity index (χ1v) is 8.29. The maximum absolute atomic E-state index is 13.3. The van der Waals surface area contributed by atoms with Crippen LogP contribution >= 0.6 is 0 Å². The number of fused-ring (bicyclic) bond motifs is 2. The van der Waals surface area contributed by atoms with E-state index in [1.54, 1.807) is 17.3 Å². The lowest BCUT2D eigenvalue weighted by Gasteiger charge is -2.17. The Morgan fingerprint density at radius 2 is 2.04 bits per heavy atom. The molecule has 0 atom stereocenters. The summed E-state index contributed by atoms with van der Waals surface area (Å²) in [6.45, 7) is 0.599. The maximum Gasteiger partial charge on any atom is 0.261 e. The number of H-pyrrole nitrogens is 1. The van der Waals surface area contributed by atoms with Gasteiger partial charge in [0.05, 0.1) is 36.8 Å². The summed E-state index contributed by atoms with van der Waals surface area (Å²) >= 11 is 0. The molecule has 0 spiro atoms. The number of aromatic nitrogens is 6. The third-order valence-electron chi connectivity index (χ3n) is 4.59. The highest BCUT2D eigenvalue weighted by molar-refractivity contribution is 5.80. The van der Waals surface area contributed by atoms with Crippen molar-refractivity contribution in [2.75, 3.05) is 13.1 Å². The van der Waals surface area contributed by atoms with Gasteiger partial charge in [0.25, 0.3) is 5.92 Å². The fraction of sp³-hybridized carbons (Fsp3) is 0.294. The quantitative estimate of drug-likeness (QED) is 0.611. The summed E-state index contributed by atoms with van der Waals surface area (Å²) in [5, 5.41) is 7.78. The molecule has 0 saturated carbocycles. The molecule has 9 heteroatoms. The van der Waals surface area contributed by atoms with Gasteiger partial charge in [0.15, 0.2) is 5.82 Å². The Hall–Kier alpha value is -2.94. The van der Waals surface area contributed by atoms with Crippen LogP contribution in [0.2, 0.25) is 0 Å². The Morgan fingerprint density at radius 1 is 1.15 bits per heavy atom. The standard InChI is InChI=1S/C17H15F2N7/c18-17(19)2-4-26(9-17)10-25-3-1-12-15(8-25)23-16(22-12)13-5-11-6-21-24-14(11)7-20-13/h1,3,5-8H,2,4,9-10H2,(H,21,24). The number of pyridine rings is 2. The van der Waals surface area contributed by atoms with Crippen molar-refractivity contribution in [3.63, 3.8) is 0 Å². The molecule has 26 heavy (non-hydrogen) atoms. The molecule has 2 aromatic heterocycles. The maximum atomic E-state index is 13.3. The van der Waals surface area contributed by atoms with Crippen LogP contribution in [0.1, 0.15) is 6.42 Å². The minimum Gasteiger partial charge on any atom is -0.339 e. The summed E-state index contributed by atoms with van der Waals surface area (Å²) in [6, 6.07) is 3.73. The largest absolute Gasteiger partial charge is 0.339 e. The summed E-state index contributed by atoms with van der Waals surface area (Å²) in [4.78, 5) is 15.2. The molecule has 2 aromatic rings. The molecule has 132 valence electrons. The number of nitrogens with zero attached hydrogens (tertiary/aromatic N) is 6. The van der Waals surface area contributed by atoms with E-state index in [1.165, 1.54) is 0 Å². The average Bonchev–Trinajstić information content (AvgIpc) is 3.31. The fourth-order valence-electron chi connectivity index (χ4n) is 3.28. The minimum atomic E-state index is -2.59. The van der Waals surface area contributed by atoms with E-state index in [9.17, 15) is 8.78 Å². The van der Waals surface area contributed by atoms with E-state index < -0.39 is 5.92 Å². The van der Waals surface area contributed by atoms with Gasteiger partial charge in [-0.2, -0.15) is 5.10 Å². The van der Waals surface area contributed by atoms with Gasteiger partial charge in [-0.15, -0.1) is 0 Å². The van der Waals surface area contributed by atoms with Gasteiger partial charge in [0.2, 0.25) is 0 Å². The summed E-state index contributed by atoms with van der Waals surface area (Å²) in [5.74, 6) is -2.05. The van der Waals surface area contributed by atoms with Crippen molar-refractivity contribution < 1.29 is 8.78 Å². The van der Waals surface area contributed by atoms with E-state index in [2.05, 4.69) is 25.1 Å². The zero-order valence-corrected chi connectivity index (χ0v) is 13.7. The zero-order chi connectivity index (χ0) is 17.7. The highest BCUT2D eigenvalue weighted by Crippen LogP contribution is 2.28. The van der Waals surface area contributed by atoms with Crippen molar-refractivity contribution in [1.29, 1.82) is 0 Å². The first kappa shape index (κ1) is 15.3.